The second-order valence-electron chi connectivity index (χ2n) is 7.04. The Morgan fingerprint density at radius 1 is 1.29 bits per heavy atom. The zero-order valence-electron chi connectivity index (χ0n) is 17.4. The molecule has 3 heterocycles. The molecule has 9 nitrogen and oxygen atoms in total. The van der Waals surface area contributed by atoms with E-state index in [1.54, 1.807) is 0 Å². The van der Waals surface area contributed by atoms with E-state index in [1.807, 2.05) is 0 Å². The first kappa shape index (κ1) is 23.2. The van der Waals surface area contributed by atoms with Gasteiger partial charge in [0.2, 0.25) is 11.6 Å². The second-order valence-corrected chi connectivity index (χ2v) is 7.90. The molecule has 0 unspecified atom stereocenters. The van der Waals surface area contributed by atoms with Crippen molar-refractivity contribution in [3.05, 3.63) is 61.3 Å². The normalized spacial score (nSPS) is 11.4. The van der Waals surface area contributed by atoms with Crippen molar-refractivity contribution < 1.29 is 31.5 Å². The molecule has 0 fully saturated rings. The number of ether oxygens (including phenoxy) is 1. The van der Waals surface area contributed by atoms with Crippen LogP contribution in [0.15, 0.2) is 31.5 Å². The maximum atomic E-state index is 14.3. The molecule has 0 aliphatic carbocycles. The number of anilines is 1. The van der Waals surface area contributed by atoms with Crippen LogP contribution in [0.3, 0.4) is 0 Å². The molecule has 0 aliphatic heterocycles. The zero-order valence-corrected chi connectivity index (χ0v) is 18.2. The van der Waals surface area contributed by atoms with E-state index >= 15 is 0 Å². The molecule has 0 saturated heterocycles. The lowest BCUT2D eigenvalue weighted by atomic mass is 10.1. The molecule has 1 aromatic carbocycles. The number of amides is 1. The lowest BCUT2D eigenvalue weighted by Crippen LogP contribution is -2.32. The first-order valence-corrected chi connectivity index (χ1v) is 10.3. The minimum atomic E-state index is -3.32. The van der Waals surface area contributed by atoms with Crippen LogP contribution in [0.1, 0.15) is 11.3 Å². The molecule has 2 N–H and O–H groups in total. The van der Waals surface area contributed by atoms with Gasteiger partial charge in [-0.25, -0.2) is 18.6 Å². The number of alkyl halides is 2. The SMILES string of the molecule is Cc1oc2[nH]c(=O)n(C)c(=O)c2c1CC(=O)Nc1nc(-c2cc(F)c(OC(F)F)cc2F)cs1. The summed E-state index contributed by atoms with van der Waals surface area (Å²) in [5.41, 5.74) is -1.45. The number of aromatic amines is 1. The van der Waals surface area contributed by atoms with Gasteiger partial charge in [-0.3, -0.25) is 19.1 Å². The first-order chi connectivity index (χ1) is 16.0. The van der Waals surface area contributed by atoms with E-state index in [2.05, 4.69) is 20.0 Å². The van der Waals surface area contributed by atoms with Gasteiger partial charge in [-0.2, -0.15) is 8.78 Å². The Labute approximate surface area is 190 Å². The summed E-state index contributed by atoms with van der Waals surface area (Å²) in [7, 11) is 1.28. The number of aryl methyl sites for hydroxylation is 1. The van der Waals surface area contributed by atoms with E-state index in [1.165, 1.54) is 19.4 Å². The summed E-state index contributed by atoms with van der Waals surface area (Å²) in [5, 5.41) is 3.91. The van der Waals surface area contributed by atoms with Crippen LogP contribution in [0.5, 0.6) is 5.75 Å². The Kier molecular flexibility index (Phi) is 6.00. The summed E-state index contributed by atoms with van der Waals surface area (Å²) in [4.78, 5) is 43.2. The molecule has 0 radical (unpaired) electrons. The zero-order chi connectivity index (χ0) is 24.7. The van der Waals surface area contributed by atoms with Crippen molar-refractivity contribution in [1.29, 1.82) is 0 Å². The van der Waals surface area contributed by atoms with E-state index in [-0.39, 0.29) is 45.2 Å². The second kappa shape index (κ2) is 8.78. The molecule has 3 aromatic heterocycles. The van der Waals surface area contributed by atoms with Crippen LogP contribution in [-0.2, 0) is 18.3 Å². The number of thiazole rings is 1. The molecule has 0 aliphatic rings. The highest BCUT2D eigenvalue weighted by Gasteiger charge is 2.21. The van der Waals surface area contributed by atoms with Gasteiger partial charge in [-0.15, -0.1) is 11.3 Å². The molecule has 1 amide bonds. The minimum Gasteiger partial charge on any atom is -0.444 e. The topological polar surface area (TPSA) is 119 Å². The maximum Gasteiger partial charge on any atom is 0.387 e. The lowest BCUT2D eigenvalue weighted by Gasteiger charge is -2.07. The fourth-order valence-electron chi connectivity index (χ4n) is 3.24. The molecular weight excluding hydrogens is 484 g/mol. The van der Waals surface area contributed by atoms with Crippen molar-refractivity contribution in [2.24, 2.45) is 7.05 Å². The molecule has 0 atom stereocenters. The number of furan rings is 1. The van der Waals surface area contributed by atoms with Crippen molar-refractivity contribution in [2.75, 3.05) is 5.32 Å². The molecular formula is C20H14F4N4O5S. The fraction of sp³-hybridized carbons (Fsp3) is 0.200. The van der Waals surface area contributed by atoms with Crippen LogP contribution in [0.4, 0.5) is 22.7 Å². The van der Waals surface area contributed by atoms with Gasteiger partial charge in [0, 0.05) is 29.6 Å². The molecule has 4 aromatic rings. The summed E-state index contributed by atoms with van der Waals surface area (Å²) >= 11 is 0.910. The van der Waals surface area contributed by atoms with Crippen molar-refractivity contribution in [3.63, 3.8) is 0 Å². The number of hydrogen-bond acceptors (Lipinski definition) is 7. The number of halogens is 4. The number of aromatic nitrogens is 3. The van der Waals surface area contributed by atoms with Gasteiger partial charge in [0.1, 0.15) is 17.0 Å². The number of hydrogen-bond donors (Lipinski definition) is 2. The number of rotatable bonds is 6. The van der Waals surface area contributed by atoms with Gasteiger partial charge in [-0.1, -0.05) is 0 Å². The fourth-order valence-corrected chi connectivity index (χ4v) is 3.96. The van der Waals surface area contributed by atoms with E-state index in [0.29, 0.717) is 12.1 Å². The first-order valence-electron chi connectivity index (χ1n) is 9.46. The van der Waals surface area contributed by atoms with Crippen LogP contribution >= 0.6 is 11.3 Å². The monoisotopic (exact) mass is 498 g/mol. The van der Waals surface area contributed by atoms with Crippen LogP contribution in [0, 0.1) is 18.6 Å². The van der Waals surface area contributed by atoms with Crippen molar-refractivity contribution in [2.45, 2.75) is 20.0 Å². The van der Waals surface area contributed by atoms with Gasteiger partial charge in [0.15, 0.2) is 16.7 Å². The molecule has 0 spiro atoms. The highest BCUT2D eigenvalue weighted by molar-refractivity contribution is 7.14. The maximum absolute atomic E-state index is 14.3. The smallest absolute Gasteiger partial charge is 0.387 e. The predicted molar refractivity (Wildman–Crippen MR) is 113 cm³/mol. The third-order valence-corrected chi connectivity index (χ3v) is 5.61. The Morgan fingerprint density at radius 2 is 2.03 bits per heavy atom. The number of H-pyrrole nitrogens is 1. The van der Waals surface area contributed by atoms with Gasteiger partial charge in [-0.05, 0) is 13.0 Å². The van der Waals surface area contributed by atoms with E-state index < -0.39 is 41.2 Å². The van der Waals surface area contributed by atoms with Crippen molar-refractivity contribution in [3.8, 4) is 17.0 Å². The third-order valence-electron chi connectivity index (χ3n) is 4.85. The molecule has 34 heavy (non-hydrogen) atoms. The summed E-state index contributed by atoms with van der Waals surface area (Å²) in [6.07, 6.45) is -0.294. The van der Waals surface area contributed by atoms with E-state index in [4.69, 9.17) is 4.42 Å². The largest absolute Gasteiger partial charge is 0.444 e. The molecule has 178 valence electrons. The van der Waals surface area contributed by atoms with Gasteiger partial charge in [0.05, 0.1) is 12.1 Å². The van der Waals surface area contributed by atoms with Gasteiger partial charge < -0.3 is 14.5 Å². The molecule has 0 bridgehead atoms. The Bertz CT molecular complexity index is 1540. The van der Waals surface area contributed by atoms with E-state index in [0.717, 1.165) is 15.9 Å². The minimum absolute atomic E-state index is 0.0412. The number of nitrogens with one attached hydrogen (secondary N) is 2. The summed E-state index contributed by atoms with van der Waals surface area (Å²) in [6.45, 7) is -1.79. The number of carbonyl (C=O) groups is 1. The number of carbonyl (C=O) groups excluding carboxylic acids is 1. The lowest BCUT2D eigenvalue weighted by molar-refractivity contribution is -0.115. The summed E-state index contributed by atoms with van der Waals surface area (Å²) in [5.74, 6) is -3.54. The van der Waals surface area contributed by atoms with Crippen molar-refractivity contribution in [1.82, 2.24) is 14.5 Å². The van der Waals surface area contributed by atoms with Crippen molar-refractivity contribution >= 4 is 33.5 Å². The van der Waals surface area contributed by atoms with Gasteiger partial charge in [0.25, 0.3) is 5.56 Å². The van der Waals surface area contributed by atoms with E-state index in [9.17, 15) is 31.9 Å². The number of benzene rings is 1. The Balaban J connectivity index is 1.56. The van der Waals surface area contributed by atoms with Crippen LogP contribution in [-0.4, -0.2) is 27.1 Å². The average Bonchev–Trinajstić information content (AvgIpc) is 3.32. The standard InChI is InChI=1S/C20H14F4N4O5S/c1-7-8(15-16(32-7)27-20(31)28(2)17(15)30)4-14(29)26-19-25-12(6-34-19)9-3-11(22)13(5-10(9)21)33-18(23)24/h3,5-6,18H,4H2,1-2H3,(H,27,31)(H,25,26,29). The number of fused-ring (bicyclic) bond motifs is 1. The number of nitrogens with zero attached hydrogens (tertiary/aromatic N) is 2. The van der Waals surface area contributed by atoms with Crippen LogP contribution in [0.25, 0.3) is 22.4 Å². The van der Waals surface area contributed by atoms with Crippen LogP contribution < -0.4 is 21.3 Å². The predicted octanol–water partition coefficient (Wildman–Crippen LogP) is 3.31. The van der Waals surface area contributed by atoms with Gasteiger partial charge >= 0.3 is 12.3 Å². The Morgan fingerprint density at radius 3 is 2.74 bits per heavy atom. The summed E-state index contributed by atoms with van der Waals surface area (Å²) in [6, 6.07) is 1.14. The molecule has 0 saturated carbocycles. The Hall–Kier alpha value is -3.94. The third kappa shape index (κ3) is 4.31. The highest BCUT2D eigenvalue weighted by atomic mass is 32.1. The molecule has 4 rings (SSSR count). The highest BCUT2D eigenvalue weighted by Crippen LogP contribution is 2.32. The quantitative estimate of drug-likeness (QED) is 0.394. The average molecular weight is 498 g/mol. The van der Waals surface area contributed by atoms with Crippen LogP contribution in [0.2, 0.25) is 0 Å². The molecule has 14 heteroatoms. The summed E-state index contributed by atoms with van der Waals surface area (Å²) < 4.78 is 63.0.